The lowest BCUT2D eigenvalue weighted by molar-refractivity contribution is -0.660. The van der Waals surface area contributed by atoms with E-state index in [1.54, 1.807) is 6.20 Å². The van der Waals surface area contributed by atoms with E-state index in [4.69, 9.17) is 4.42 Å². The highest BCUT2D eigenvalue weighted by Crippen LogP contribution is 2.33. The predicted molar refractivity (Wildman–Crippen MR) is 87.6 cm³/mol. The van der Waals surface area contributed by atoms with Crippen molar-refractivity contribution < 1.29 is 8.98 Å². The molecule has 0 saturated heterocycles. The van der Waals surface area contributed by atoms with Crippen molar-refractivity contribution >= 4 is 21.9 Å². The topological polar surface area (TPSA) is 29.9 Å². The highest BCUT2D eigenvalue weighted by atomic mass is 16.3. The molecule has 3 aromatic heterocycles. The molecule has 3 heteroatoms. The fourth-order valence-corrected chi connectivity index (χ4v) is 3.08. The second kappa shape index (κ2) is 4.67. The van der Waals surface area contributed by atoms with E-state index in [-0.39, 0.29) is 0 Å². The molecule has 0 aliphatic rings. The summed E-state index contributed by atoms with van der Waals surface area (Å²) >= 11 is 0. The summed E-state index contributed by atoms with van der Waals surface area (Å²) < 4.78 is 8.08. The van der Waals surface area contributed by atoms with Crippen LogP contribution in [-0.2, 0) is 7.05 Å². The first-order valence-corrected chi connectivity index (χ1v) is 7.37. The third kappa shape index (κ3) is 1.90. The molecule has 4 rings (SSSR count). The second-order valence-corrected chi connectivity index (χ2v) is 5.84. The fourth-order valence-electron chi connectivity index (χ4n) is 3.08. The number of fused-ring (bicyclic) bond motifs is 3. The Hall–Kier alpha value is -2.68. The highest BCUT2D eigenvalue weighted by Gasteiger charge is 2.16. The Morgan fingerprint density at radius 3 is 2.68 bits per heavy atom. The molecule has 3 heterocycles. The first-order chi connectivity index (χ1) is 10.6. The lowest BCUT2D eigenvalue weighted by atomic mass is 10.0. The Bertz CT molecular complexity index is 1010. The Balaban J connectivity index is 2.05. The van der Waals surface area contributed by atoms with E-state index >= 15 is 0 Å². The van der Waals surface area contributed by atoms with Crippen molar-refractivity contribution in [3.05, 3.63) is 60.0 Å². The third-order valence-corrected chi connectivity index (χ3v) is 4.18. The van der Waals surface area contributed by atoms with Crippen LogP contribution in [0.1, 0.15) is 11.1 Å². The van der Waals surface area contributed by atoms with Crippen LogP contribution in [0, 0.1) is 13.8 Å². The summed E-state index contributed by atoms with van der Waals surface area (Å²) in [6.07, 6.45) is 5.73. The minimum absolute atomic E-state index is 0.835. The van der Waals surface area contributed by atoms with E-state index in [0.29, 0.717) is 0 Å². The van der Waals surface area contributed by atoms with Gasteiger partial charge >= 0.3 is 0 Å². The maximum atomic E-state index is 5.90. The van der Waals surface area contributed by atoms with Crippen LogP contribution in [0.4, 0.5) is 0 Å². The lowest BCUT2D eigenvalue weighted by Gasteiger charge is -2.05. The van der Waals surface area contributed by atoms with Crippen molar-refractivity contribution in [1.29, 1.82) is 0 Å². The molecular weight excluding hydrogens is 272 g/mol. The van der Waals surface area contributed by atoms with Gasteiger partial charge in [-0.2, -0.15) is 0 Å². The van der Waals surface area contributed by atoms with Crippen molar-refractivity contribution in [2.45, 2.75) is 13.8 Å². The number of hydrogen-bond donors (Lipinski definition) is 0. The molecule has 0 unspecified atom stereocenters. The maximum absolute atomic E-state index is 5.90. The number of benzene rings is 1. The van der Waals surface area contributed by atoms with Crippen LogP contribution in [0.5, 0.6) is 0 Å². The van der Waals surface area contributed by atoms with Crippen LogP contribution < -0.4 is 4.57 Å². The summed E-state index contributed by atoms with van der Waals surface area (Å²) in [6, 6.07) is 10.7. The minimum atomic E-state index is 0.835. The summed E-state index contributed by atoms with van der Waals surface area (Å²) in [5.41, 5.74) is 6.65. The number of aryl methyl sites for hydroxylation is 3. The molecule has 0 spiro atoms. The zero-order valence-electron chi connectivity index (χ0n) is 12.9. The van der Waals surface area contributed by atoms with Gasteiger partial charge in [-0.05, 0) is 43.7 Å². The molecule has 0 radical (unpaired) electrons. The zero-order chi connectivity index (χ0) is 15.3. The van der Waals surface area contributed by atoms with E-state index in [1.165, 1.54) is 22.4 Å². The summed E-state index contributed by atoms with van der Waals surface area (Å²) in [7, 11) is 2.09. The van der Waals surface area contributed by atoms with E-state index in [2.05, 4.69) is 60.9 Å². The number of aromatic nitrogens is 2. The zero-order valence-corrected chi connectivity index (χ0v) is 12.9. The summed E-state index contributed by atoms with van der Waals surface area (Å²) in [5, 5.41) is 2.25. The Labute approximate surface area is 128 Å². The van der Waals surface area contributed by atoms with E-state index in [0.717, 1.165) is 21.9 Å². The molecule has 0 bridgehead atoms. The van der Waals surface area contributed by atoms with E-state index in [1.807, 2.05) is 12.3 Å². The van der Waals surface area contributed by atoms with Crippen molar-refractivity contribution in [3.63, 3.8) is 0 Å². The monoisotopic (exact) mass is 289 g/mol. The van der Waals surface area contributed by atoms with Gasteiger partial charge in [0.2, 0.25) is 5.69 Å². The molecule has 0 aliphatic heterocycles. The first-order valence-electron chi connectivity index (χ1n) is 7.37. The average Bonchev–Trinajstić information content (AvgIpc) is 2.84. The first kappa shape index (κ1) is 13.0. The molecular formula is C19H17N2O+. The molecule has 0 atom stereocenters. The number of furan rings is 1. The fraction of sp³-hybridized carbons (Fsp3) is 0.158. The van der Waals surface area contributed by atoms with Crippen LogP contribution >= 0.6 is 0 Å². The molecule has 0 amide bonds. The number of nitrogens with zero attached hydrogens (tertiary/aromatic N) is 2. The molecule has 0 fully saturated rings. The third-order valence-electron chi connectivity index (χ3n) is 4.18. The molecule has 0 N–H and O–H groups in total. The smallest absolute Gasteiger partial charge is 0.212 e. The molecule has 0 saturated carbocycles. The van der Waals surface area contributed by atoms with E-state index in [9.17, 15) is 0 Å². The van der Waals surface area contributed by atoms with Gasteiger partial charge in [0, 0.05) is 34.2 Å². The number of hydrogen-bond acceptors (Lipinski definition) is 2. The quantitative estimate of drug-likeness (QED) is 0.494. The highest BCUT2D eigenvalue weighted by molar-refractivity contribution is 6.06. The molecule has 108 valence electrons. The van der Waals surface area contributed by atoms with Gasteiger partial charge in [-0.3, -0.25) is 4.98 Å². The minimum Gasteiger partial charge on any atom is -0.454 e. The molecule has 1 aromatic carbocycles. The van der Waals surface area contributed by atoms with Gasteiger partial charge in [0.1, 0.15) is 12.6 Å². The number of rotatable bonds is 1. The normalized spacial score (nSPS) is 11.4. The maximum Gasteiger partial charge on any atom is 0.212 e. The van der Waals surface area contributed by atoms with Gasteiger partial charge in [-0.1, -0.05) is 0 Å². The largest absolute Gasteiger partial charge is 0.454 e. The van der Waals surface area contributed by atoms with Gasteiger partial charge in [0.05, 0.1) is 6.20 Å². The van der Waals surface area contributed by atoms with Gasteiger partial charge in [-0.15, -0.1) is 0 Å². The molecule has 3 nitrogen and oxygen atoms in total. The summed E-state index contributed by atoms with van der Waals surface area (Å²) in [4.78, 5) is 4.14. The molecule has 0 aliphatic carbocycles. The van der Waals surface area contributed by atoms with Gasteiger partial charge in [0.15, 0.2) is 11.8 Å². The SMILES string of the molecule is Cc1ccc(-c2cc3c(cc2C)oc2cnccc23)[n+](C)c1. The summed E-state index contributed by atoms with van der Waals surface area (Å²) in [5.74, 6) is 0. The van der Waals surface area contributed by atoms with Crippen LogP contribution in [0.25, 0.3) is 33.2 Å². The lowest BCUT2D eigenvalue weighted by Crippen LogP contribution is -2.31. The molecule has 22 heavy (non-hydrogen) atoms. The molecule has 4 aromatic rings. The van der Waals surface area contributed by atoms with Crippen LogP contribution in [-0.4, -0.2) is 4.98 Å². The van der Waals surface area contributed by atoms with Crippen LogP contribution in [0.3, 0.4) is 0 Å². The van der Waals surface area contributed by atoms with E-state index < -0.39 is 0 Å². The average molecular weight is 289 g/mol. The van der Waals surface area contributed by atoms with Crippen molar-refractivity contribution in [3.8, 4) is 11.3 Å². The Morgan fingerprint density at radius 2 is 1.86 bits per heavy atom. The van der Waals surface area contributed by atoms with Gasteiger partial charge < -0.3 is 4.42 Å². The summed E-state index contributed by atoms with van der Waals surface area (Å²) in [6.45, 7) is 4.23. The second-order valence-electron chi connectivity index (χ2n) is 5.84. The Morgan fingerprint density at radius 1 is 1.00 bits per heavy atom. The van der Waals surface area contributed by atoms with Gasteiger partial charge in [-0.25, -0.2) is 4.57 Å². The van der Waals surface area contributed by atoms with Crippen molar-refractivity contribution in [1.82, 2.24) is 4.98 Å². The van der Waals surface area contributed by atoms with Crippen molar-refractivity contribution in [2.24, 2.45) is 7.05 Å². The van der Waals surface area contributed by atoms with Crippen LogP contribution in [0.15, 0.2) is 53.3 Å². The number of pyridine rings is 2. The van der Waals surface area contributed by atoms with Crippen LogP contribution in [0.2, 0.25) is 0 Å². The predicted octanol–water partition coefficient (Wildman–Crippen LogP) is 4.09. The Kier molecular flexibility index (Phi) is 2.76. The van der Waals surface area contributed by atoms with Gasteiger partial charge in [0.25, 0.3) is 0 Å². The standard InChI is InChI=1S/C19H17N2O/c1-12-4-5-17(21(3)11-12)15-9-16-14-6-7-20-10-19(14)22-18(16)8-13(15)2/h4-11H,1-3H3/q+1. The van der Waals surface area contributed by atoms with Crippen molar-refractivity contribution in [2.75, 3.05) is 0 Å².